The Morgan fingerprint density at radius 1 is 1.21 bits per heavy atom. The summed E-state index contributed by atoms with van der Waals surface area (Å²) < 4.78 is 2.57. The van der Waals surface area contributed by atoms with Crippen LogP contribution in [-0.2, 0) is 6.54 Å². The first kappa shape index (κ1) is 12.0. The molecule has 0 aliphatic rings. The summed E-state index contributed by atoms with van der Waals surface area (Å²) in [5.74, 6) is 0.201. The summed E-state index contributed by atoms with van der Waals surface area (Å²) in [4.78, 5) is 14.8. The first-order chi connectivity index (χ1) is 9.13. The van der Waals surface area contributed by atoms with E-state index in [1.165, 1.54) is 0 Å². The molecule has 96 valence electrons. The number of aromatic amines is 1. The largest absolute Gasteiger partial charge is 0.508 e. The predicted molar refractivity (Wildman–Crippen MR) is 77.5 cm³/mol. The van der Waals surface area contributed by atoms with Crippen LogP contribution < -0.4 is 5.69 Å². The minimum atomic E-state index is -0.156. The number of phenols is 1. The van der Waals surface area contributed by atoms with Gasteiger partial charge in [0.1, 0.15) is 5.75 Å². The van der Waals surface area contributed by atoms with Gasteiger partial charge in [0.05, 0.1) is 17.6 Å². The third kappa shape index (κ3) is 2.29. The zero-order chi connectivity index (χ0) is 13.4. The summed E-state index contributed by atoms with van der Waals surface area (Å²) in [5, 5.41) is 9.47. The third-order valence-corrected chi connectivity index (χ3v) is 3.48. The van der Waals surface area contributed by atoms with E-state index in [1.807, 2.05) is 24.3 Å². The highest BCUT2D eigenvalue weighted by Gasteiger charge is 2.07. The third-order valence-electron chi connectivity index (χ3n) is 2.99. The van der Waals surface area contributed by atoms with Crippen LogP contribution in [0.3, 0.4) is 0 Å². The summed E-state index contributed by atoms with van der Waals surface area (Å²) in [7, 11) is 0. The number of halogens is 1. The van der Waals surface area contributed by atoms with Crippen molar-refractivity contribution < 1.29 is 5.11 Å². The first-order valence-electron chi connectivity index (χ1n) is 5.79. The van der Waals surface area contributed by atoms with Gasteiger partial charge in [0.25, 0.3) is 0 Å². The van der Waals surface area contributed by atoms with E-state index in [-0.39, 0.29) is 11.4 Å². The number of aromatic nitrogens is 2. The summed E-state index contributed by atoms with van der Waals surface area (Å²) in [6, 6.07) is 12.6. The molecule has 0 atom stereocenters. The van der Waals surface area contributed by atoms with Gasteiger partial charge in [-0.25, -0.2) is 4.79 Å². The molecule has 3 rings (SSSR count). The lowest BCUT2D eigenvalue weighted by Crippen LogP contribution is -2.17. The molecule has 19 heavy (non-hydrogen) atoms. The number of aromatic hydroxyl groups is 1. The summed E-state index contributed by atoms with van der Waals surface area (Å²) in [6.45, 7) is 0.420. The molecule has 0 saturated carbocycles. The van der Waals surface area contributed by atoms with Crippen LogP contribution >= 0.6 is 15.9 Å². The van der Waals surface area contributed by atoms with Gasteiger partial charge in [-0.1, -0.05) is 28.1 Å². The Kier molecular flexibility index (Phi) is 2.91. The molecule has 2 N–H and O–H groups in total. The Balaban J connectivity index is 2.12. The zero-order valence-corrected chi connectivity index (χ0v) is 11.5. The fourth-order valence-corrected chi connectivity index (χ4v) is 2.47. The van der Waals surface area contributed by atoms with Crippen LogP contribution in [0.2, 0.25) is 0 Å². The number of benzene rings is 2. The molecular formula is C14H11BrN2O2. The first-order valence-corrected chi connectivity index (χ1v) is 6.59. The molecular weight excluding hydrogens is 308 g/mol. The summed E-state index contributed by atoms with van der Waals surface area (Å²) in [6.07, 6.45) is 0. The molecule has 0 spiro atoms. The molecule has 1 aromatic heterocycles. The Bertz CT molecular complexity index is 805. The smallest absolute Gasteiger partial charge is 0.326 e. The Morgan fingerprint density at radius 3 is 2.84 bits per heavy atom. The predicted octanol–water partition coefficient (Wildman–Crippen LogP) is 2.85. The van der Waals surface area contributed by atoms with Gasteiger partial charge in [-0.2, -0.15) is 0 Å². The Labute approximate surface area is 117 Å². The summed E-state index contributed by atoms with van der Waals surface area (Å²) >= 11 is 3.40. The molecule has 4 nitrogen and oxygen atoms in total. The molecule has 0 amide bonds. The van der Waals surface area contributed by atoms with Crippen LogP contribution in [0.1, 0.15) is 5.56 Å². The molecule has 0 fully saturated rings. The minimum Gasteiger partial charge on any atom is -0.508 e. The monoisotopic (exact) mass is 318 g/mol. The molecule has 2 aromatic carbocycles. The number of fused-ring (bicyclic) bond motifs is 1. The van der Waals surface area contributed by atoms with Crippen LogP contribution in [0.15, 0.2) is 51.7 Å². The highest BCUT2D eigenvalue weighted by molar-refractivity contribution is 9.10. The van der Waals surface area contributed by atoms with Gasteiger partial charge in [0.15, 0.2) is 0 Å². The van der Waals surface area contributed by atoms with E-state index in [0.717, 1.165) is 21.1 Å². The molecule has 5 heteroatoms. The Morgan fingerprint density at radius 2 is 2.05 bits per heavy atom. The van der Waals surface area contributed by atoms with Gasteiger partial charge in [0, 0.05) is 4.47 Å². The van der Waals surface area contributed by atoms with Gasteiger partial charge in [-0.15, -0.1) is 0 Å². The van der Waals surface area contributed by atoms with E-state index in [9.17, 15) is 9.90 Å². The normalized spacial score (nSPS) is 11.0. The molecule has 3 aromatic rings. The molecule has 0 aliphatic carbocycles. The van der Waals surface area contributed by atoms with E-state index < -0.39 is 0 Å². The average Bonchev–Trinajstić information content (AvgIpc) is 2.66. The van der Waals surface area contributed by atoms with E-state index in [1.54, 1.807) is 22.8 Å². The van der Waals surface area contributed by atoms with E-state index >= 15 is 0 Å². The highest BCUT2D eigenvalue weighted by atomic mass is 79.9. The van der Waals surface area contributed by atoms with Crippen molar-refractivity contribution in [3.05, 3.63) is 63.0 Å². The number of phenolic OH excluding ortho intramolecular Hbond substituents is 1. The number of nitrogens with one attached hydrogen (secondary N) is 1. The quantitative estimate of drug-likeness (QED) is 0.763. The van der Waals surface area contributed by atoms with Crippen LogP contribution in [-0.4, -0.2) is 14.7 Å². The van der Waals surface area contributed by atoms with Gasteiger partial charge in [-0.05, 0) is 35.9 Å². The number of H-pyrrole nitrogens is 1. The second-order valence-electron chi connectivity index (χ2n) is 4.35. The molecule has 0 radical (unpaired) electrons. The highest BCUT2D eigenvalue weighted by Crippen LogP contribution is 2.19. The standard InChI is InChI=1S/C14H11BrN2O2/c15-10-4-5-12-13(7-10)17(14(19)16-12)8-9-2-1-3-11(18)6-9/h1-7,18H,8H2,(H,16,19). The number of rotatable bonds is 2. The Hall–Kier alpha value is -2.01. The van der Waals surface area contributed by atoms with Crippen molar-refractivity contribution in [2.45, 2.75) is 6.54 Å². The van der Waals surface area contributed by atoms with E-state index in [4.69, 9.17) is 0 Å². The van der Waals surface area contributed by atoms with Gasteiger partial charge in [0.2, 0.25) is 0 Å². The number of nitrogens with zero attached hydrogens (tertiary/aromatic N) is 1. The molecule has 0 saturated heterocycles. The van der Waals surface area contributed by atoms with Crippen LogP contribution in [0.4, 0.5) is 0 Å². The number of hydrogen-bond acceptors (Lipinski definition) is 2. The fourth-order valence-electron chi connectivity index (χ4n) is 2.12. The summed E-state index contributed by atoms with van der Waals surface area (Å²) in [5.41, 5.74) is 2.36. The van der Waals surface area contributed by atoms with Crippen molar-refractivity contribution in [2.24, 2.45) is 0 Å². The van der Waals surface area contributed by atoms with Crippen molar-refractivity contribution >= 4 is 27.0 Å². The van der Waals surface area contributed by atoms with E-state index in [2.05, 4.69) is 20.9 Å². The number of hydrogen-bond donors (Lipinski definition) is 2. The fraction of sp³-hybridized carbons (Fsp3) is 0.0714. The molecule has 1 heterocycles. The maximum atomic E-state index is 12.0. The van der Waals surface area contributed by atoms with Gasteiger partial charge in [-0.3, -0.25) is 4.57 Å². The van der Waals surface area contributed by atoms with Crippen molar-refractivity contribution in [1.82, 2.24) is 9.55 Å². The van der Waals surface area contributed by atoms with Crippen molar-refractivity contribution in [2.75, 3.05) is 0 Å². The zero-order valence-electron chi connectivity index (χ0n) is 9.93. The van der Waals surface area contributed by atoms with Crippen molar-refractivity contribution in [3.8, 4) is 5.75 Å². The van der Waals surface area contributed by atoms with Crippen molar-refractivity contribution in [1.29, 1.82) is 0 Å². The molecule has 0 bridgehead atoms. The van der Waals surface area contributed by atoms with E-state index in [0.29, 0.717) is 6.54 Å². The van der Waals surface area contributed by atoms with Crippen LogP contribution in [0.25, 0.3) is 11.0 Å². The lowest BCUT2D eigenvalue weighted by atomic mass is 10.2. The topological polar surface area (TPSA) is 58.0 Å². The average molecular weight is 319 g/mol. The van der Waals surface area contributed by atoms with Crippen LogP contribution in [0.5, 0.6) is 5.75 Å². The lowest BCUT2D eigenvalue weighted by Gasteiger charge is -2.04. The maximum Gasteiger partial charge on any atom is 0.326 e. The lowest BCUT2D eigenvalue weighted by molar-refractivity contribution is 0.474. The SMILES string of the molecule is O=c1[nH]c2ccc(Br)cc2n1Cc1cccc(O)c1. The van der Waals surface area contributed by atoms with Crippen molar-refractivity contribution in [3.63, 3.8) is 0 Å². The molecule has 0 unspecified atom stereocenters. The minimum absolute atomic E-state index is 0.156. The second kappa shape index (κ2) is 4.59. The van der Waals surface area contributed by atoms with Gasteiger partial charge < -0.3 is 10.1 Å². The molecule has 0 aliphatic heterocycles. The number of imidazole rings is 1. The maximum absolute atomic E-state index is 12.0. The van der Waals surface area contributed by atoms with Gasteiger partial charge >= 0.3 is 5.69 Å². The second-order valence-corrected chi connectivity index (χ2v) is 5.26. The van der Waals surface area contributed by atoms with Crippen LogP contribution in [0, 0.1) is 0 Å².